The number of hydrogen-bond donors (Lipinski definition) is 2. The molecule has 0 spiro atoms. The first-order valence-corrected chi connectivity index (χ1v) is 11.3. The van der Waals surface area contributed by atoms with E-state index < -0.39 is 12.1 Å². The summed E-state index contributed by atoms with van der Waals surface area (Å²) in [6, 6.07) is 5.47. The van der Waals surface area contributed by atoms with Gasteiger partial charge < -0.3 is 29.2 Å². The molecule has 0 amide bonds. The lowest BCUT2D eigenvalue weighted by Crippen LogP contribution is -2.32. The van der Waals surface area contributed by atoms with Crippen LogP contribution in [0, 0.1) is 0 Å². The molecule has 2 aromatic heterocycles. The number of ether oxygens (including phenoxy) is 3. The van der Waals surface area contributed by atoms with Gasteiger partial charge in [-0.15, -0.1) is 0 Å². The maximum atomic E-state index is 13.3. The lowest BCUT2D eigenvalue weighted by Gasteiger charge is -2.21. The number of rotatable bonds is 5. The Labute approximate surface area is 194 Å². The van der Waals surface area contributed by atoms with Gasteiger partial charge in [-0.25, -0.2) is 9.78 Å². The standard InChI is InChI=1S/C25H23N3O6/c1-2-26-6-4-3-5-13-14-8-20-21(34-12-33-20)9-18(14)27-22-16(13)10-28-19(22)7-15-17(24(28)30)11-32-25(31)23(15)29/h3,5,7-9,23,26,29H,2,4,6,10-12H2,1H3/b5-3+/t23-/m0/s1. The maximum Gasteiger partial charge on any atom is 0.340 e. The molecule has 1 aromatic carbocycles. The van der Waals surface area contributed by atoms with E-state index in [1.54, 1.807) is 10.6 Å². The molecule has 2 N–H and O–H groups in total. The Kier molecular flexibility index (Phi) is 4.89. The number of nitrogens with one attached hydrogen (secondary N) is 1. The first-order valence-electron chi connectivity index (χ1n) is 11.3. The van der Waals surface area contributed by atoms with Crippen molar-refractivity contribution in [3.05, 3.63) is 56.9 Å². The highest BCUT2D eigenvalue weighted by Gasteiger charge is 2.34. The molecule has 3 aliphatic heterocycles. The quantitative estimate of drug-likeness (QED) is 0.344. The van der Waals surface area contributed by atoms with Crippen LogP contribution in [0.15, 0.2) is 29.1 Å². The van der Waals surface area contributed by atoms with Gasteiger partial charge in [0.2, 0.25) is 6.79 Å². The fraction of sp³-hybridized carbons (Fsp3) is 0.320. The molecule has 0 fully saturated rings. The fourth-order valence-electron chi connectivity index (χ4n) is 4.80. The van der Waals surface area contributed by atoms with Gasteiger partial charge >= 0.3 is 5.97 Å². The molecule has 0 unspecified atom stereocenters. The number of cyclic esters (lactones) is 1. The zero-order valence-corrected chi connectivity index (χ0v) is 18.6. The number of carbonyl (C=O) groups is 1. The summed E-state index contributed by atoms with van der Waals surface area (Å²) in [7, 11) is 0. The number of esters is 1. The molecule has 0 saturated carbocycles. The van der Waals surface area contributed by atoms with Gasteiger partial charge in [-0.3, -0.25) is 4.79 Å². The van der Waals surface area contributed by atoms with Crippen LogP contribution >= 0.6 is 0 Å². The number of aromatic nitrogens is 2. The van der Waals surface area contributed by atoms with Gasteiger partial charge in [0.05, 0.1) is 29.0 Å². The van der Waals surface area contributed by atoms with Gasteiger partial charge in [-0.05, 0) is 37.2 Å². The van der Waals surface area contributed by atoms with E-state index in [0.717, 1.165) is 36.0 Å². The first-order chi connectivity index (χ1) is 16.6. The molecule has 9 nitrogen and oxygen atoms in total. The second-order valence-electron chi connectivity index (χ2n) is 8.48. The molecule has 1 atom stereocenters. The topological polar surface area (TPSA) is 112 Å². The Morgan fingerprint density at radius 1 is 1.18 bits per heavy atom. The van der Waals surface area contributed by atoms with E-state index in [2.05, 4.69) is 24.4 Å². The summed E-state index contributed by atoms with van der Waals surface area (Å²) in [5, 5.41) is 14.6. The number of pyridine rings is 2. The van der Waals surface area contributed by atoms with Gasteiger partial charge in [0.15, 0.2) is 17.6 Å². The monoisotopic (exact) mass is 461 g/mol. The predicted molar refractivity (Wildman–Crippen MR) is 124 cm³/mol. The summed E-state index contributed by atoms with van der Waals surface area (Å²) in [5.74, 6) is 0.540. The Hall–Kier alpha value is -3.69. The molecule has 0 aliphatic carbocycles. The maximum absolute atomic E-state index is 13.3. The van der Waals surface area contributed by atoms with E-state index in [0.29, 0.717) is 40.5 Å². The molecule has 5 heterocycles. The van der Waals surface area contributed by atoms with E-state index in [1.807, 2.05) is 12.1 Å². The van der Waals surface area contributed by atoms with Crippen molar-refractivity contribution < 1.29 is 24.1 Å². The average molecular weight is 461 g/mol. The third-order valence-corrected chi connectivity index (χ3v) is 6.52. The first kappa shape index (κ1) is 20.9. The minimum atomic E-state index is -1.48. The van der Waals surface area contributed by atoms with Crippen molar-refractivity contribution in [1.82, 2.24) is 14.9 Å². The van der Waals surface area contributed by atoms with Crippen molar-refractivity contribution in [1.29, 1.82) is 0 Å². The van der Waals surface area contributed by atoms with Gasteiger partial charge in [0.25, 0.3) is 5.56 Å². The second-order valence-corrected chi connectivity index (χ2v) is 8.48. The molecule has 0 saturated heterocycles. The van der Waals surface area contributed by atoms with Crippen molar-refractivity contribution in [3.8, 4) is 22.9 Å². The minimum absolute atomic E-state index is 0.144. The number of aliphatic hydroxyl groups excluding tert-OH is 1. The van der Waals surface area contributed by atoms with Crippen LogP contribution in [0.25, 0.3) is 28.4 Å². The lowest BCUT2D eigenvalue weighted by molar-refractivity contribution is -0.157. The van der Waals surface area contributed by atoms with Crippen LogP contribution in [0.1, 0.15) is 41.7 Å². The third kappa shape index (κ3) is 3.12. The third-order valence-electron chi connectivity index (χ3n) is 6.52. The normalized spacial score (nSPS) is 17.7. The Morgan fingerprint density at radius 3 is 2.82 bits per heavy atom. The van der Waals surface area contributed by atoms with Gasteiger partial charge in [0.1, 0.15) is 6.61 Å². The van der Waals surface area contributed by atoms with Crippen LogP contribution in [-0.4, -0.2) is 40.5 Å². The second kappa shape index (κ2) is 7.96. The van der Waals surface area contributed by atoms with E-state index in [1.165, 1.54) is 0 Å². The zero-order valence-electron chi connectivity index (χ0n) is 18.6. The summed E-state index contributed by atoms with van der Waals surface area (Å²) >= 11 is 0. The highest BCUT2D eigenvalue weighted by atomic mass is 16.7. The number of fused-ring (bicyclic) bond motifs is 6. The summed E-state index contributed by atoms with van der Waals surface area (Å²) < 4.78 is 17.8. The zero-order chi connectivity index (χ0) is 23.4. The lowest BCUT2D eigenvalue weighted by atomic mass is 9.98. The van der Waals surface area contributed by atoms with Crippen molar-refractivity contribution in [2.75, 3.05) is 19.9 Å². The van der Waals surface area contributed by atoms with Crippen LogP contribution in [-0.2, 0) is 22.7 Å². The van der Waals surface area contributed by atoms with Crippen LogP contribution in [0.2, 0.25) is 0 Å². The summed E-state index contributed by atoms with van der Waals surface area (Å²) in [4.78, 5) is 30.1. The largest absolute Gasteiger partial charge is 0.458 e. The van der Waals surface area contributed by atoms with Gasteiger partial charge in [-0.1, -0.05) is 19.1 Å². The van der Waals surface area contributed by atoms with Crippen molar-refractivity contribution in [3.63, 3.8) is 0 Å². The van der Waals surface area contributed by atoms with Gasteiger partial charge in [-0.2, -0.15) is 0 Å². The molecular formula is C25H23N3O6. The van der Waals surface area contributed by atoms with Crippen LogP contribution in [0.3, 0.4) is 0 Å². The molecule has 6 rings (SSSR count). The molecule has 0 radical (unpaired) electrons. The van der Waals surface area contributed by atoms with Crippen molar-refractivity contribution in [2.24, 2.45) is 0 Å². The SMILES string of the molecule is CCNCC/C=C/c1c2c(nc3cc4c(cc13)OCO4)-c1cc3c(c(=O)n1C2)COC(=O)[C@H]3O. The molecule has 3 aliphatic rings. The Morgan fingerprint density at radius 2 is 2.00 bits per heavy atom. The van der Waals surface area contributed by atoms with Crippen LogP contribution in [0.4, 0.5) is 0 Å². The molecule has 3 aromatic rings. The molecule has 9 heteroatoms. The van der Waals surface area contributed by atoms with Crippen LogP contribution < -0.4 is 20.3 Å². The van der Waals surface area contributed by atoms with E-state index in [9.17, 15) is 14.7 Å². The van der Waals surface area contributed by atoms with Crippen LogP contribution in [0.5, 0.6) is 11.5 Å². The van der Waals surface area contributed by atoms with Crippen molar-refractivity contribution >= 4 is 22.9 Å². The molecular weight excluding hydrogens is 438 g/mol. The Bertz CT molecular complexity index is 1440. The number of benzene rings is 1. The average Bonchev–Trinajstić information content (AvgIpc) is 3.44. The number of carbonyl (C=O) groups excluding carboxylic acids is 1. The summed E-state index contributed by atoms with van der Waals surface area (Å²) in [6.07, 6.45) is 3.55. The number of aliphatic hydroxyl groups is 1. The highest BCUT2D eigenvalue weighted by molar-refractivity contribution is 5.95. The fourth-order valence-corrected chi connectivity index (χ4v) is 4.80. The highest BCUT2D eigenvalue weighted by Crippen LogP contribution is 2.42. The van der Waals surface area contributed by atoms with E-state index >= 15 is 0 Å². The number of nitrogens with zero attached hydrogens (tertiary/aromatic N) is 2. The molecule has 174 valence electrons. The minimum Gasteiger partial charge on any atom is -0.458 e. The predicted octanol–water partition coefficient (Wildman–Crippen LogP) is 2.26. The van der Waals surface area contributed by atoms with E-state index in [-0.39, 0.29) is 24.5 Å². The molecule has 34 heavy (non-hydrogen) atoms. The summed E-state index contributed by atoms with van der Waals surface area (Å²) in [5.41, 5.74) is 4.13. The van der Waals surface area contributed by atoms with Crippen molar-refractivity contribution in [2.45, 2.75) is 32.6 Å². The molecule has 0 bridgehead atoms. The van der Waals surface area contributed by atoms with E-state index in [4.69, 9.17) is 19.2 Å². The smallest absolute Gasteiger partial charge is 0.340 e. The number of hydrogen-bond acceptors (Lipinski definition) is 8. The summed E-state index contributed by atoms with van der Waals surface area (Å²) in [6.45, 7) is 4.20. The Balaban J connectivity index is 1.55. The van der Waals surface area contributed by atoms with Gasteiger partial charge in [0, 0.05) is 22.6 Å².